The number of phenolic OH excluding ortho intramolecular Hbond substituents is 1. The maximum absolute atomic E-state index is 9.84. The zero-order chi connectivity index (χ0) is 13.9. The van der Waals surface area contributed by atoms with Crippen molar-refractivity contribution in [3.8, 4) is 5.75 Å². The van der Waals surface area contributed by atoms with E-state index in [1.54, 1.807) is 6.07 Å². The molecule has 0 atom stereocenters. The van der Waals surface area contributed by atoms with Gasteiger partial charge in [0.1, 0.15) is 11.3 Å². The van der Waals surface area contributed by atoms with Crippen molar-refractivity contribution in [2.24, 2.45) is 0 Å². The van der Waals surface area contributed by atoms with E-state index in [0.29, 0.717) is 5.52 Å². The number of phenols is 1. The molecule has 2 nitrogen and oxygen atoms in total. The van der Waals surface area contributed by atoms with Crippen molar-refractivity contribution >= 4 is 22.5 Å². The molecule has 0 radical (unpaired) electrons. The minimum absolute atomic E-state index is 0.224. The maximum Gasteiger partial charge on any atom is 0.141 e. The molecule has 2 aromatic carbocycles. The number of para-hydroxylation sites is 1. The van der Waals surface area contributed by atoms with Crippen molar-refractivity contribution in [2.45, 2.75) is 12.8 Å². The summed E-state index contributed by atoms with van der Waals surface area (Å²) in [4.78, 5) is 4.53. The van der Waals surface area contributed by atoms with Crippen LogP contribution in [0.2, 0.25) is 5.02 Å². The lowest BCUT2D eigenvalue weighted by Gasteiger charge is -2.06. The van der Waals surface area contributed by atoms with Crippen LogP contribution in [0.1, 0.15) is 11.3 Å². The van der Waals surface area contributed by atoms with Gasteiger partial charge in [-0.15, -0.1) is 0 Å². The molecule has 3 heteroatoms. The van der Waals surface area contributed by atoms with Crippen molar-refractivity contribution in [3.63, 3.8) is 0 Å². The van der Waals surface area contributed by atoms with Crippen molar-refractivity contribution in [1.29, 1.82) is 0 Å². The molecule has 1 N–H and O–H groups in total. The normalized spacial score (nSPS) is 10.8. The number of aromatic nitrogens is 1. The first-order valence-corrected chi connectivity index (χ1v) is 6.93. The quantitative estimate of drug-likeness (QED) is 0.774. The zero-order valence-corrected chi connectivity index (χ0v) is 11.6. The molecule has 3 aromatic rings. The number of fused-ring (bicyclic) bond motifs is 1. The van der Waals surface area contributed by atoms with Gasteiger partial charge in [-0.2, -0.15) is 0 Å². The van der Waals surface area contributed by atoms with Crippen LogP contribution in [0.3, 0.4) is 0 Å². The lowest BCUT2D eigenvalue weighted by atomic mass is 10.1. The predicted molar refractivity (Wildman–Crippen MR) is 82.3 cm³/mol. The average molecular weight is 284 g/mol. The van der Waals surface area contributed by atoms with E-state index < -0.39 is 0 Å². The number of aromatic hydroxyl groups is 1. The molecule has 0 aliphatic rings. The van der Waals surface area contributed by atoms with Crippen molar-refractivity contribution in [3.05, 3.63) is 70.9 Å². The molecule has 0 bridgehead atoms. The Morgan fingerprint density at radius 2 is 1.75 bits per heavy atom. The molecule has 3 rings (SSSR count). The molecule has 0 fully saturated rings. The van der Waals surface area contributed by atoms with Gasteiger partial charge >= 0.3 is 0 Å². The number of aryl methyl sites for hydroxylation is 2. The van der Waals surface area contributed by atoms with E-state index in [-0.39, 0.29) is 5.75 Å². The lowest BCUT2D eigenvalue weighted by Crippen LogP contribution is -1.95. The third-order valence-corrected chi connectivity index (χ3v) is 3.73. The zero-order valence-electron chi connectivity index (χ0n) is 10.9. The smallest absolute Gasteiger partial charge is 0.141 e. The molecule has 0 amide bonds. The molecular formula is C17H14ClNO. The molecule has 100 valence electrons. The lowest BCUT2D eigenvalue weighted by molar-refractivity contribution is 0.480. The second-order valence-electron chi connectivity index (χ2n) is 4.74. The fourth-order valence-corrected chi connectivity index (χ4v) is 2.51. The van der Waals surface area contributed by atoms with Crippen LogP contribution in [0.4, 0.5) is 0 Å². The van der Waals surface area contributed by atoms with E-state index in [4.69, 9.17) is 11.6 Å². The molecule has 1 aromatic heterocycles. The number of pyridine rings is 1. The minimum Gasteiger partial charge on any atom is -0.506 e. The van der Waals surface area contributed by atoms with Crippen LogP contribution in [0, 0.1) is 0 Å². The summed E-state index contributed by atoms with van der Waals surface area (Å²) in [5.41, 5.74) is 2.73. The number of halogens is 1. The molecule has 0 aliphatic heterocycles. The minimum atomic E-state index is 0.224. The third-order valence-electron chi connectivity index (χ3n) is 3.36. The highest BCUT2D eigenvalue weighted by Gasteiger charge is 2.04. The molecule has 0 saturated carbocycles. The van der Waals surface area contributed by atoms with E-state index in [9.17, 15) is 5.11 Å². The van der Waals surface area contributed by atoms with Crippen molar-refractivity contribution in [1.82, 2.24) is 4.98 Å². The Kier molecular flexibility index (Phi) is 3.57. The standard InChI is InChI=1S/C17H14ClNO/c18-15-6-2-1-4-12(15)8-10-14-11-9-13-5-3-7-16(20)17(13)19-14/h1-7,9,11,20H,8,10H2. The summed E-state index contributed by atoms with van der Waals surface area (Å²) in [6.45, 7) is 0. The highest BCUT2D eigenvalue weighted by molar-refractivity contribution is 6.31. The van der Waals surface area contributed by atoms with Crippen LogP contribution in [0.15, 0.2) is 54.6 Å². The van der Waals surface area contributed by atoms with Gasteiger partial charge in [-0.3, -0.25) is 0 Å². The molecule has 1 heterocycles. The van der Waals surface area contributed by atoms with Crippen LogP contribution in [0.25, 0.3) is 10.9 Å². The number of hydrogen-bond acceptors (Lipinski definition) is 2. The van der Waals surface area contributed by atoms with Crippen LogP contribution in [-0.4, -0.2) is 10.1 Å². The van der Waals surface area contributed by atoms with Crippen molar-refractivity contribution < 1.29 is 5.11 Å². The van der Waals surface area contributed by atoms with Gasteiger partial charge in [-0.25, -0.2) is 4.98 Å². The number of hydrogen-bond donors (Lipinski definition) is 1. The Hall–Kier alpha value is -2.06. The van der Waals surface area contributed by atoms with Crippen LogP contribution < -0.4 is 0 Å². The number of benzene rings is 2. The molecule has 0 saturated heterocycles. The summed E-state index contributed by atoms with van der Waals surface area (Å²) in [5, 5.41) is 11.6. The Balaban J connectivity index is 1.85. The highest BCUT2D eigenvalue weighted by Crippen LogP contribution is 2.23. The maximum atomic E-state index is 9.84. The summed E-state index contributed by atoms with van der Waals surface area (Å²) in [7, 11) is 0. The van der Waals surface area contributed by atoms with Gasteiger partial charge in [0, 0.05) is 16.1 Å². The van der Waals surface area contributed by atoms with Gasteiger partial charge in [0.05, 0.1) is 0 Å². The molecule has 0 aliphatic carbocycles. The summed E-state index contributed by atoms with van der Waals surface area (Å²) < 4.78 is 0. The van der Waals surface area contributed by atoms with Crippen molar-refractivity contribution in [2.75, 3.05) is 0 Å². The van der Waals surface area contributed by atoms with Crippen LogP contribution >= 0.6 is 11.6 Å². The topological polar surface area (TPSA) is 33.1 Å². The van der Waals surface area contributed by atoms with Gasteiger partial charge < -0.3 is 5.11 Å². The largest absolute Gasteiger partial charge is 0.506 e. The molecule has 0 unspecified atom stereocenters. The van der Waals surface area contributed by atoms with E-state index in [2.05, 4.69) is 4.98 Å². The Bertz CT molecular complexity index is 755. The van der Waals surface area contributed by atoms with Crippen LogP contribution in [0.5, 0.6) is 5.75 Å². The summed E-state index contributed by atoms with van der Waals surface area (Å²) in [6, 6.07) is 17.3. The first kappa shape index (κ1) is 12.9. The summed E-state index contributed by atoms with van der Waals surface area (Å²) >= 11 is 6.15. The third kappa shape index (κ3) is 2.61. The van der Waals surface area contributed by atoms with Gasteiger partial charge in [0.15, 0.2) is 0 Å². The van der Waals surface area contributed by atoms with E-state index in [0.717, 1.165) is 34.5 Å². The van der Waals surface area contributed by atoms with E-state index in [1.165, 1.54) is 0 Å². The predicted octanol–water partition coefficient (Wildman–Crippen LogP) is 4.38. The monoisotopic (exact) mass is 283 g/mol. The Morgan fingerprint density at radius 1 is 0.900 bits per heavy atom. The molecule has 20 heavy (non-hydrogen) atoms. The second kappa shape index (κ2) is 5.51. The van der Waals surface area contributed by atoms with Crippen LogP contribution in [-0.2, 0) is 12.8 Å². The van der Waals surface area contributed by atoms with Gasteiger partial charge in [-0.05, 0) is 36.6 Å². The Morgan fingerprint density at radius 3 is 2.60 bits per heavy atom. The SMILES string of the molecule is Oc1cccc2ccc(CCc3ccccc3Cl)nc12. The second-order valence-corrected chi connectivity index (χ2v) is 5.15. The molecular weight excluding hydrogens is 270 g/mol. The number of nitrogens with zero attached hydrogens (tertiary/aromatic N) is 1. The fraction of sp³-hybridized carbons (Fsp3) is 0.118. The van der Waals surface area contributed by atoms with Gasteiger partial charge in [-0.1, -0.05) is 48.0 Å². The molecule has 0 spiro atoms. The fourth-order valence-electron chi connectivity index (χ4n) is 2.27. The summed E-state index contributed by atoms with van der Waals surface area (Å²) in [6.07, 6.45) is 1.64. The highest BCUT2D eigenvalue weighted by atomic mass is 35.5. The summed E-state index contributed by atoms with van der Waals surface area (Å²) in [5.74, 6) is 0.224. The average Bonchev–Trinajstić information content (AvgIpc) is 2.47. The van der Waals surface area contributed by atoms with Gasteiger partial charge in [0.25, 0.3) is 0 Å². The van der Waals surface area contributed by atoms with E-state index >= 15 is 0 Å². The van der Waals surface area contributed by atoms with E-state index in [1.807, 2.05) is 48.5 Å². The first-order valence-electron chi connectivity index (χ1n) is 6.55. The number of rotatable bonds is 3. The van der Waals surface area contributed by atoms with Gasteiger partial charge in [0.2, 0.25) is 0 Å². The Labute approximate surface area is 122 Å². The first-order chi connectivity index (χ1) is 9.74.